The fraction of sp³-hybridized carbons (Fsp3) is 0.600. The number of hydrogen-bond acceptors (Lipinski definition) is 3. The molecule has 0 bridgehead atoms. The molecule has 3 nitrogen and oxygen atoms in total. The summed E-state index contributed by atoms with van der Waals surface area (Å²) in [6.45, 7) is 9.00. The second-order valence-corrected chi connectivity index (χ2v) is 7.25. The van der Waals surface area contributed by atoms with Gasteiger partial charge in [0.25, 0.3) is 0 Å². The summed E-state index contributed by atoms with van der Waals surface area (Å²) >= 11 is 0. The molecule has 1 aromatic rings. The average molecular weight is 313 g/mol. The Morgan fingerprint density at radius 3 is 1.87 bits per heavy atom. The van der Waals surface area contributed by atoms with Gasteiger partial charge in [0.05, 0.1) is 17.1 Å². The van der Waals surface area contributed by atoms with E-state index in [1.54, 1.807) is 0 Å². The molecule has 23 heavy (non-hydrogen) atoms. The molecule has 0 saturated heterocycles. The molecule has 0 atom stereocenters. The Hall–Kier alpha value is -1.64. The molecule has 0 aliphatic heterocycles. The minimum atomic E-state index is 0.478. The van der Waals surface area contributed by atoms with Crippen LogP contribution in [0.2, 0.25) is 0 Å². The summed E-state index contributed by atoms with van der Waals surface area (Å²) in [5.41, 5.74) is 6.22. The van der Waals surface area contributed by atoms with Gasteiger partial charge in [-0.2, -0.15) is 5.10 Å². The van der Waals surface area contributed by atoms with E-state index in [1.165, 1.54) is 35.4 Å². The van der Waals surface area contributed by atoms with E-state index in [9.17, 15) is 0 Å². The molecule has 0 radical (unpaired) electrons. The Morgan fingerprint density at radius 2 is 1.39 bits per heavy atom. The van der Waals surface area contributed by atoms with E-state index in [1.807, 2.05) is 19.1 Å². The van der Waals surface area contributed by atoms with Crippen LogP contribution in [-0.2, 0) is 0 Å². The smallest absolute Gasteiger partial charge is 0.0819 e. The Kier molecular flexibility index (Phi) is 5.97. The SMILES string of the molecule is CC(C)c1cccc(C(C)C)c1N=C1CCCCC1=NN(C)C. The van der Waals surface area contributed by atoms with Crippen molar-refractivity contribution in [3.05, 3.63) is 29.3 Å². The van der Waals surface area contributed by atoms with Crippen molar-refractivity contribution >= 4 is 17.1 Å². The van der Waals surface area contributed by atoms with Crippen LogP contribution in [0.4, 0.5) is 5.69 Å². The van der Waals surface area contributed by atoms with Crippen molar-refractivity contribution in [1.29, 1.82) is 0 Å². The van der Waals surface area contributed by atoms with Gasteiger partial charge in [-0.3, -0.25) is 4.99 Å². The van der Waals surface area contributed by atoms with E-state index in [4.69, 9.17) is 4.99 Å². The van der Waals surface area contributed by atoms with Gasteiger partial charge in [0, 0.05) is 14.1 Å². The summed E-state index contributed by atoms with van der Waals surface area (Å²) in [6.07, 6.45) is 4.51. The van der Waals surface area contributed by atoms with Crippen molar-refractivity contribution in [3.63, 3.8) is 0 Å². The molecule has 1 aromatic carbocycles. The maximum absolute atomic E-state index is 5.15. The predicted octanol–water partition coefficient (Wildman–Crippen LogP) is 5.50. The molecular formula is C20H31N3. The molecule has 1 fully saturated rings. The number of rotatable bonds is 4. The van der Waals surface area contributed by atoms with E-state index in [-0.39, 0.29) is 0 Å². The van der Waals surface area contributed by atoms with Gasteiger partial charge < -0.3 is 5.01 Å². The normalized spacial score (nSPS) is 19.1. The van der Waals surface area contributed by atoms with Gasteiger partial charge in [-0.25, -0.2) is 0 Å². The first-order valence-electron chi connectivity index (χ1n) is 8.85. The third-order valence-electron chi connectivity index (χ3n) is 4.32. The Labute approximate surface area is 141 Å². The molecule has 0 aromatic heterocycles. The van der Waals surface area contributed by atoms with Gasteiger partial charge >= 0.3 is 0 Å². The highest BCUT2D eigenvalue weighted by Crippen LogP contribution is 2.35. The quantitative estimate of drug-likeness (QED) is 0.675. The lowest BCUT2D eigenvalue weighted by molar-refractivity contribution is 0.436. The first-order chi connectivity index (χ1) is 10.9. The van der Waals surface area contributed by atoms with Crippen LogP contribution in [0.15, 0.2) is 28.3 Å². The van der Waals surface area contributed by atoms with E-state index in [2.05, 4.69) is 51.0 Å². The monoisotopic (exact) mass is 313 g/mol. The number of hydrazone groups is 1. The van der Waals surface area contributed by atoms with Gasteiger partial charge in [0.2, 0.25) is 0 Å². The van der Waals surface area contributed by atoms with Crippen molar-refractivity contribution in [2.45, 2.75) is 65.2 Å². The molecular weight excluding hydrogens is 282 g/mol. The second-order valence-electron chi connectivity index (χ2n) is 7.25. The summed E-state index contributed by atoms with van der Waals surface area (Å²) in [7, 11) is 3.97. The van der Waals surface area contributed by atoms with Crippen molar-refractivity contribution < 1.29 is 0 Å². The van der Waals surface area contributed by atoms with Crippen molar-refractivity contribution in [2.75, 3.05) is 14.1 Å². The largest absolute Gasteiger partial charge is 0.303 e. The Bertz CT molecular complexity index is 569. The third kappa shape index (κ3) is 4.43. The van der Waals surface area contributed by atoms with Crippen molar-refractivity contribution in [2.24, 2.45) is 10.1 Å². The maximum atomic E-state index is 5.15. The number of benzene rings is 1. The zero-order chi connectivity index (χ0) is 17.0. The lowest BCUT2D eigenvalue weighted by Crippen LogP contribution is -2.22. The van der Waals surface area contributed by atoms with E-state index < -0.39 is 0 Å². The van der Waals surface area contributed by atoms with Crippen LogP contribution >= 0.6 is 0 Å². The highest BCUT2D eigenvalue weighted by molar-refractivity contribution is 6.43. The molecule has 0 heterocycles. The van der Waals surface area contributed by atoms with E-state index >= 15 is 0 Å². The summed E-state index contributed by atoms with van der Waals surface area (Å²) in [4.78, 5) is 5.15. The zero-order valence-electron chi connectivity index (χ0n) is 15.6. The van der Waals surface area contributed by atoms with Crippen LogP contribution in [0.5, 0.6) is 0 Å². The van der Waals surface area contributed by atoms with Crippen LogP contribution in [-0.4, -0.2) is 30.5 Å². The molecule has 1 aliphatic rings. The number of hydrogen-bond donors (Lipinski definition) is 0. The first-order valence-corrected chi connectivity index (χ1v) is 8.85. The second kappa shape index (κ2) is 7.76. The summed E-state index contributed by atoms with van der Waals surface area (Å²) < 4.78 is 0. The number of aliphatic imine (C=N–C) groups is 1. The lowest BCUT2D eigenvalue weighted by Gasteiger charge is -2.21. The molecule has 0 unspecified atom stereocenters. The Balaban J connectivity index is 2.55. The van der Waals surface area contributed by atoms with Crippen LogP contribution in [0.1, 0.15) is 76.3 Å². The first kappa shape index (κ1) is 17.7. The average Bonchev–Trinajstić information content (AvgIpc) is 2.48. The van der Waals surface area contributed by atoms with Crippen molar-refractivity contribution in [1.82, 2.24) is 5.01 Å². The van der Waals surface area contributed by atoms with E-state index in [0.717, 1.165) is 18.6 Å². The lowest BCUT2D eigenvalue weighted by atomic mass is 9.91. The predicted molar refractivity (Wildman–Crippen MR) is 101 cm³/mol. The topological polar surface area (TPSA) is 28.0 Å². The minimum Gasteiger partial charge on any atom is -0.303 e. The number of para-hydroxylation sites is 1. The molecule has 0 spiro atoms. The standard InChI is InChI=1S/C20H31N3/c1-14(2)16-10-9-11-17(15(3)4)20(16)21-18-12-7-8-13-19(18)22-23(5)6/h9-11,14-15H,7-8,12-13H2,1-6H3. The van der Waals surface area contributed by atoms with Gasteiger partial charge in [0.1, 0.15) is 0 Å². The maximum Gasteiger partial charge on any atom is 0.0819 e. The third-order valence-corrected chi connectivity index (χ3v) is 4.32. The van der Waals surface area contributed by atoms with Crippen LogP contribution in [0, 0.1) is 0 Å². The van der Waals surface area contributed by atoms with Crippen LogP contribution < -0.4 is 0 Å². The van der Waals surface area contributed by atoms with Crippen LogP contribution in [0.25, 0.3) is 0 Å². The van der Waals surface area contributed by atoms with Gasteiger partial charge in [-0.05, 0) is 48.6 Å². The zero-order valence-corrected chi connectivity index (χ0v) is 15.6. The molecule has 1 saturated carbocycles. The molecule has 0 N–H and O–H groups in total. The minimum absolute atomic E-state index is 0.478. The summed E-state index contributed by atoms with van der Waals surface area (Å²) in [6, 6.07) is 6.62. The molecule has 3 heteroatoms. The fourth-order valence-corrected chi connectivity index (χ4v) is 3.12. The van der Waals surface area contributed by atoms with Gasteiger partial charge in [0.15, 0.2) is 0 Å². The molecule has 2 rings (SSSR count). The van der Waals surface area contributed by atoms with Gasteiger partial charge in [-0.1, -0.05) is 45.9 Å². The number of nitrogens with zero attached hydrogens (tertiary/aromatic N) is 3. The van der Waals surface area contributed by atoms with Crippen molar-refractivity contribution in [3.8, 4) is 0 Å². The van der Waals surface area contributed by atoms with Gasteiger partial charge in [-0.15, -0.1) is 0 Å². The highest BCUT2D eigenvalue weighted by Gasteiger charge is 2.19. The summed E-state index contributed by atoms with van der Waals surface area (Å²) in [5.74, 6) is 0.955. The summed E-state index contributed by atoms with van der Waals surface area (Å²) in [5, 5.41) is 6.58. The van der Waals surface area contributed by atoms with E-state index in [0.29, 0.717) is 11.8 Å². The molecule has 1 aliphatic carbocycles. The molecule has 126 valence electrons. The highest BCUT2D eigenvalue weighted by atomic mass is 15.4. The molecule has 0 amide bonds. The Morgan fingerprint density at radius 1 is 0.870 bits per heavy atom. The van der Waals surface area contributed by atoms with Crippen LogP contribution in [0.3, 0.4) is 0 Å². The fourth-order valence-electron chi connectivity index (χ4n) is 3.12.